The van der Waals surface area contributed by atoms with E-state index in [0.29, 0.717) is 41.6 Å². The fourth-order valence-corrected chi connectivity index (χ4v) is 4.08. The highest BCUT2D eigenvalue weighted by molar-refractivity contribution is 6.00. The third-order valence-electron chi connectivity index (χ3n) is 5.93. The van der Waals surface area contributed by atoms with E-state index in [0.717, 1.165) is 28.8 Å². The molecule has 1 amide bonds. The predicted molar refractivity (Wildman–Crippen MR) is 138 cm³/mol. The zero-order valence-corrected chi connectivity index (χ0v) is 21.0. The molecule has 4 aromatic rings. The van der Waals surface area contributed by atoms with Crippen LogP contribution in [0, 0.1) is 6.92 Å². The van der Waals surface area contributed by atoms with Crippen molar-refractivity contribution in [3.63, 3.8) is 0 Å². The molecule has 0 radical (unpaired) electrons. The van der Waals surface area contributed by atoms with E-state index in [1.54, 1.807) is 10.7 Å². The number of carbonyl (C=O) groups is 1. The van der Waals surface area contributed by atoms with Crippen molar-refractivity contribution in [3.8, 4) is 33.9 Å². The number of carbonyl (C=O) groups excluding carboxylic acids is 1. The second-order valence-electron chi connectivity index (χ2n) is 8.39. The Kier molecular flexibility index (Phi) is 7.34. The third-order valence-corrected chi connectivity index (χ3v) is 5.93. The topological polar surface area (TPSA) is 77.8 Å². The SMILES string of the molecule is CCOc1ccc(-c2c(C)nn3c(-c4ccccc4)c(C(=O)N[C@@H](C)CC)cnc23)cc1OCC. The van der Waals surface area contributed by atoms with Crippen molar-refractivity contribution < 1.29 is 14.3 Å². The number of nitrogens with one attached hydrogen (secondary N) is 1. The summed E-state index contributed by atoms with van der Waals surface area (Å²) in [5.41, 5.74) is 5.38. The Morgan fingerprint density at radius 2 is 1.71 bits per heavy atom. The third kappa shape index (κ3) is 4.85. The number of benzene rings is 2. The standard InChI is InChI=1S/C28H32N4O3/c1-6-18(4)30-28(33)22-17-29-27-25(21-14-15-23(34-7-2)24(16-21)35-8-3)19(5)31-32(27)26(22)20-12-10-9-11-13-20/h9-18H,6-8H2,1-5H3,(H,30,33)/t18-/m0/s1. The number of aromatic nitrogens is 3. The van der Waals surface area contributed by atoms with Gasteiger partial charge in [0, 0.05) is 23.4 Å². The van der Waals surface area contributed by atoms with E-state index in [2.05, 4.69) is 5.32 Å². The first-order chi connectivity index (χ1) is 17.0. The molecule has 2 aromatic carbocycles. The largest absolute Gasteiger partial charge is 0.490 e. The lowest BCUT2D eigenvalue weighted by molar-refractivity contribution is 0.0939. The molecule has 0 aliphatic carbocycles. The summed E-state index contributed by atoms with van der Waals surface area (Å²) in [5.74, 6) is 1.22. The first-order valence-electron chi connectivity index (χ1n) is 12.1. The number of fused-ring (bicyclic) bond motifs is 1. The summed E-state index contributed by atoms with van der Waals surface area (Å²) < 4.78 is 13.4. The molecule has 0 saturated carbocycles. The Balaban J connectivity index is 1.92. The van der Waals surface area contributed by atoms with E-state index in [-0.39, 0.29) is 11.9 Å². The summed E-state index contributed by atoms with van der Waals surface area (Å²) in [6.45, 7) is 11.0. The van der Waals surface area contributed by atoms with Crippen LogP contribution < -0.4 is 14.8 Å². The zero-order chi connectivity index (χ0) is 24.9. The smallest absolute Gasteiger partial charge is 0.255 e. The van der Waals surface area contributed by atoms with Crippen LogP contribution in [0.3, 0.4) is 0 Å². The van der Waals surface area contributed by atoms with Gasteiger partial charge >= 0.3 is 0 Å². The molecule has 7 heteroatoms. The molecule has 4 rings (SSSR count). The summed E-state index contributed by atoms with van der Waals surface area (Å²) >= 11 is 0. The summed E-state index contributed by atoms with van der Waals surface area (Å²) in [6.07, 6.45) is 2.49. The number of rotatable bonds is 9. The van der Waals surface area contributed by atoms with Gasteiger partial charge in [-0.25, -0.2) is 9.50 Å². The highest BCUT2D eigenvalue weighted by Gasteiger charge is 2.23. The normalized spacial score (nSPS) is 11.9. The fraction of sp³-hybridized carbons (Fsp3) is 0.321. The van der Waals surface area contributed by atoms with Crippen LogP contribution in [0.1, 0.15) is 50.2 Å². The molecule has 0 bridgehead atoms. The van der Waals surface area contributed by atoms with Gasteiger partial charge in [-0.05, 0) is 51.8 Å². The molecule has 182 valence electrons. The molecule has 35 heavy (non-hydrogen) atoms. The van der Waals surface area contributed by atoms with Crippen LogP contribution in [0.15, 0.2) is 54.7 Å². The Labute approximate surface area is 206 Å². The van der Waals surface area contributed by atoms with Gasteiger partial charge in [-0.2, -0.15) is 5.10 Å². The molecule has 1 N–H and O–H groups in total. The quantitative estimate of drug-likeness (QED) is 0.338. The van der Waals surface area contributed by atoms with E-state index >= 15 is 0 Å². The van der Waals surface area contributed by atoms with Crippen LogP contribution in [0.2, 0.25) is 0 Å². The summed E-state index contributed by atoms with van der Waals surface area (Å²) in [7, 11) is 0. The van der Waals surface area contributed by atoms with Gasteiger partial charge in [0.25, 0.3) is 5.91 Å². The van der Waals surface area contributed by atoms with E-state index in [1.165, 1.54) is 0 Å². The average molecular weight is 473 g/mol. The molecular formula is C28H32N4O3. The Morgan fingerprint density at radius 3 is 2.40 bits per heavy atom. The van der Waals surface area contributed by atoms with E-state index < -0.39 is 0 Å². The van der Waals surface area contributed by atoms with Crippen molar-refractivity contribution in [1.29, 1.82) is 0 Å². The van der Waals surface area contributed by atoms with E-state index in [9.17, 15) is 4.79 Å². The molecule has 0 saturated heterocycles. The molecule has 2 heterocycles. The fourth-order valence-electron chi connectivity index (χ4n) is 4.08. The van der Waals surface area contributed by atoms with Crippen LogP contribution in [0.4, 0.5) is 0 Å². The number of hydrogen-bond donors (Lipinski definition) is 1. The number of hydrogen-bond acceptors (Lipinski definition) is 5. The number of aryl methyl sites for hydroxylation is 1. The van der Waals surface area contributed by atoms with E-state index in [4.69, 9.17) is 19.6 Å². The Hall–Kier alpha value is -3.87. The van der Waals surface area contributed by atoms with Gasteiger partial charge < -0.3 is 14.8 Å². The van der Waals surface area contributed by atoms with Gasteiger partial charge in [-0.1, -0.05) is 43.3 Å². The van der Waals surface area contributed by atoms with Crippen molar-refractivity contribution in [2.45, 2.75) is 47.1 Å². The van der Waals surface area contributed by atoms with Crippen molar-refractivity contribution in [3.05, 3.63) is 66.0 Å². The maximum atomic E-state index is 13.2. The minimum Gasteiger partial charge on any atom is -0.490 e. The molecule has 7 nitrogen and oxygen atoms in total. The molecule has 0 aliphatic heterocycles. The lowest BCUT2D eigenvalue weighted by Gasteiger charge is -2.15. The van der Waals surface area contributed by atoms with Gasteiger partial charge in [0.1, 0.15) is 0 Å². The van der Waals surface area contributed by atoms with Crippen LogP contribution in [0.5, 0.6) is 11.5 Å². The van der Waals surface area contributed by atoms with Crippen molar-refractivity contribution in [2.75, 3.05) is 13.2 Å². The molecule has 0 spiro atoms. The summed E-state index contributed by atoms with van der Waals surface area (Å²) in [5, 5.41) is 7.91. The van der Waals surface area contributed by atoms with Crippen LogP contribution >= 0.6 is 0 Å². The van der Waals surface area contributed by atoms with Crippen LogP contribution in [-0.2, 0) is 0 Å². The monoisotopic (exact) mass is 472 g/mol. The average Bonchev–Trinajstić information content (AvgIpc) is 3.20. The van der Waals surface area contributed by atoms with Crippen molar-refractivity contribution in [2.24, 2.45) is 0 Å². The lowest BCUT2D eigenvalue weighted by Crippen LogP contribution is -2.32. The maximum absolute atomic E-state index is 13.2. The molecule has 2 aromatic heterocycles. The Morgan fingerprint density at radius 1 is 1.00 bits per heavy atom. The second-order valence-corrected chi connectivity index (χ2v) is 8.39. The molecule has 0 fully saturated rings. The number of amides is 1. The second kappa shape index (κ2) is 10.6. The van der Waals surface area contributed by atoms with Gasteiger partial charge in [0.05, 0.1) is 30.2 Å². The highest BCUT2D eigenvalue weighted by atomic mass is 16.5. The first kappa shape index (κ1) is 24.3. The summed E-state index contributed by atoms with van der Waals surface area (Å²) in [6, 6.07) is 15.8. The number of ether oxygens (including phenoxy) is 2. The van der Waals surface area contributed by atoms with Gasteiger partial charge in [-0.3, -0.25) is 4.79 Å². The minimum atomic E-state index is -0.165. The molecular weight excluding hydrogens is 440 g/mol. The maximum Gasteiger partial charge on any atom is 0.255 e. The predicted octanol–water partition coefficient (Wildman–Crippen LogP) is 5.70. The van der Waals surface area contributed by atoms with Crippen molar-refractivity contribution in [1.82, 2.24) is 19.9 Å². The Bertz CT molecular complexity index is 1330. The van der Waals surface area contributed by atoms with E-state index in [1.807, 2.05) is 83.1 Å². The van der Waals surface area contributed by atoms with Gasteiger partial charge in [0.15, 0.2) is 17.1 Å². The molecule has 1 atom stereocenters. The highest BCUT2D eigenvalue weighted by Crippen LogP contribution is 2.37. The van der Waals surface area contributed by atoms with Crippen LogP contribution in [-0.4, -0.2) is 39.8 Å². The first-order valence-corrected chi connectivity index (χ1v) is 12.1. The van der Waals surface area contributed by atoms with Gasteiger partial charge in [-0.15, -0.1) is 0 Å². The van der Waals surface area contributed by atoms with Gasteiger partial charge in [0.2, 0.25) is 0 Å². The molecule has 0 aliphatic rings. The zero-order valence-electron chi connectivity index (χ0n) is 21.0. The summed E-state index contributed by atoms with van der Waals surface area (Å²) in [4.78, 5) is 17.9. The molecule has 0 unspecified atom stereocenters. The number of nitrogens with zero attached hydrogens (tertiary/aromatic N) is 3. The van der Waals surface area contributed by atoms with Crippen molar-refractivity contribution >= 4 is 11.6 Å². The minimum absolute atomic E-state index is 0.0533. The van der Waals surface area contributed by atoms with Crippen LogP contribution in [0.25, 0.3) is 28.0 Å². The lowest BCUT2D eigenvalue weighted by atomic mass is 10.0.